The van der Waals surface area contributed by atoms with Gasteiger partial charge in [-0.25, -0.2) is 4.39 Å². The van der Waals surface area contributed by atoms with E-state index in [1.165, 1.54) is 6.07 Å². The van der Waals surface area contributed by atoms with Gasteiger partial charge < -0.3 is 0 Å². The topological polar surface area (TPSA) is 23.8 Å². The first-order chi connectivity index (χ1) is 6.74. The fraction of sp³-hybridized carbons (Fsp3) is 0. The second-order valence-electron chi connectivity index (χ2n) is 2.87. The molecule has 0 aliphatic heterocycles. The second-order valence-corrected chi connectivity index (χ2v) is 3.73. The van der Waals surface area contributed by atoms with Crippen LogP contribution in [-0.2, 0) is 0 Å². The molecule has 0 saturated carbocycles. The summed E-state index contributed by atoms with van der Waals surface area (Å²) in [6.07, 6.45) is 0. The molecule has 2 aromatic carbocycles. The molecule has 0 amide bonds. The van der Waals surface area contributed by atoms with Crippen molar-refractivity contribution in [3.8, 4) is 6.07 Å². The van der Waals surface area contributed by atoms with Crippen molar-refractivity contribution in [3.05, 3.63) is 46.2 Å². The zero-order chi connectivity index (χ0) is 10.1. The maximum atomic E-state index is 13.3. The molecule has 14 heavy (non-hydrogen) atoms. The number of hydrogen-bond donors (Lipinski definition) is 0. The van der Waals surface area contributed by atoms with Crippen LogP contribution >= 0.6 is 15.9 Å². The Labute approximate surface area is 88.9 Å². The van der Waals surface area contributed by atoms with Gasteiger partial charge in [0.15, 0.2) is 0 Å². The fourth-order valence-corrected chi connectivity index (χ4v) is 1.96. The Morgan fingerprint density at radius 1 is 1.21 bits per heavy atom. The van der Waals surface area contributed by atoms with Gasteiger partial charge in [-0.2, -0.15) is 5.26 Å². The Bertz CT molecular complexity index is 543. The Morgan fingerprint density at radius 2 is 1.86 bits per heavy atom. The van der Waals surface area contributed by atoms with E-state index in [9.17, 15) is 4.39 Å². The van der Waals surface area contributed by atoms with Gasteiger partial charge >= 0.3 is 0 Å². The molecule has 0 radical (unpaired) electrons. The third kappa shape index (κ3) is 1.28. The minimum Gasteiger partial charge on any atom is -0.205 e. The Kier molecular flexibility index (Phi) is 2.22. The van der Waals surface area contributed by atoms with Crippen molar-refractivity contribution in [1.82, 2.24) is 0 Å². The first kappa shape index (κ1) is 9.17. The molecule has 0 unspecified atom stereocenters. The number of halogens is 2. The Balaban J connectivity index is 3.00. The molecule has 0 atom stereocenters. The zero-order valence-corrected chi connectivity index (χ0v) is 8.68. The highest BCUT2D eigenvalue weighted by molar-refractivity contribution is 9.10. The first-order valence-electron chi connectivity index (χ1n) is 4.01. The molecular formula is C11H5BrFN. The van der Waals surface area contributed by atoms with Gasteiger partial charge in [-0.3, -0.25) is 0 Å². The summed E-state index contributed by atoms with van der Waals surface area (Å²) in [4.78, 5) is 0. The summed E-state index contributed by atoms with van der Waals surface area (Å²) in [6.45, 7) is 0. The standard InChI is InChI=1S/C11H5BrFN/c12-10-5-11(13)9(6-14)7-3-1-2-4-8(7)10/h1-5H. The molecule has 2 rings (SSSR count). The summed E-state index contributed by atoms with van der Waals surface area (Å²) in [7, 11) is 0. The van der Waals surface area contributed by atoms with E-state index in [2.05, 4.69) is 15.9 Å². The van der Waals surface area contributed by atoms with Gasteiger partial charge in [-0.15, -0.1) is 0 Å². The van der Waals surface area contributed by atoms with Gasteiger partial charge in [0.05, 0.1) is 5.56 Å². The van der Waals surface area contributed by atoms with E-state index in [-0.39, 0.29) is 5.56 Å². The largest absolute Gasteiger partial charge is 0.205 e. The van der Waals surface area contributed by atoms with Crippen molar-refractivity contribution >= 4 is 26.7 Å². The highest BCUT2D eigenvalue weighted by atomic mass is 79.9. The smallest absolute Gasteiger partial charge is 0.142 e. The molecule has 0 aromatic heterocycles. The van der Waals surface area contributed by atoms with Crippen LogP contribution in [0.3, 0.4) is 0 Å². The van der Waals surface area contributed by atoms with Gasteiger partial charge in [0.1, 0.15) is 11.9 Å². The van der Waals surface area contributed by atoms with Crippen LogP contribution in [0.1, 0.15) is 5.56 Å². The average molecular weight is 250 g/mol. The lowest BCUT2D eigenvalue weighted by atomic mass is 10.1. The molecule has 1 nitrogen and oxygen atoms in total. The number of nitrogens with zero attached hydrogens (tertiary/aromatic N) is 1. The van der Waals surface area contributed by atoms with Crippen LogP contribution in [0.15, 0.2) is 34.8 Å². The lowest BCUT2D eigenvalue weighted by Gasteiger charge is -2.03. The highest BCUT2D eigenvalue weighted by Crippen LogP contribution is 2.28. The summed E-state index contributed by atoms with van der Waals surface area (Å²) in [5.41, 5.74) is 0.101. The monoisotopic (exact) mass is 249 g/mol. The number of hydrogen-bond acceptors (Lipinski definition) is 1. The van der Waals surface area contributed by atoms with Crippen molar-refractivity contribution in [2.75, 3.05) is 0 Å². The molecule has 68 valence electrons. The molecule has 3 heteroatoms. The maximum absolute atomic E-state index is 13.3. The molecule has 0 N–H and O–H groups in total. The summed E-state index contributed by atoms with van der Waals surface area (Å²) in [6, 6.07) is 10.4. The molecule has 0 aliphatic carbocycles. The van der Waals surface area contributed by atoms with Crippen molar-refractivity contribution in [1.29, 1.82) is 5.26 Å². The van der Waals surface area contributed by atoms with Gasteiger partial charge in [0, 0.05) is 9.86 Å². The van der Waals surface area contributed by atoms with E-state index in [1.54, 1.807) is 12.1 Å². The highest BCUT2D eigenvalue weighted by Gasteiger charge is 2.09. The third-order valence-corrected chi connectivity index (χ3v) is 2.71. The van der Waals surface area contributed by atoms with E-state index in [4.69, 9.17) is 5.26 Å². The Hall–Kier alpha value is -1.40. The number of nitriles is 1. The molecule has 0 heterocycles. The number of rotatable bonds is 0. The normalized spacial score (nSPS) is 10.1. The van der Waals surface area contributed by atoms with Crippen LogP contribution in [-0.4, -0.2) is 0 Å². The molecule has 0 bridgehead atoms. The predicted molar refractivity (Wildman–Crippen MR) is 56.3 cm³/mol. The van der Waals surface area contributed by atoms with E-state index in [0.717, 1.165) is 5.39 Å². The van der Waals surface area contributed by atoms with Crippen LogP contribution in [0, 0.1) is 17.1 Å². The van der Waals surface area contributed by atoms with Gasteiger partial charge in [0.2, 0.25) is 0 Å². The molecule has 0 aliphatic rings. The van der Waals surface area contributed by atoms with Crippen LogP contribution in [0.5, 0.6) is 0 Å². The zero-order valence-electron chi connectivity index (χ0n) is 7.09. The summed E-state index contributed by atoms with van der Waals surface area (Å²) in [5.74, 6) is -0.488. The minimum absolute atomic E-state index is 0.101. The first-order valence-corrected chi connectivity index (χ1v) is 4.80. The van der Waals surface area contributed by atoms with E-state index in [0.29, 0.717) is 9.86 Å². The van der Waals surface area contributed by atoms with Crippen molar-refractivity contribution in [2.24, 2.45) is 0 Å². The van der Waals surface area contributed by atoms with Gasteiger partial charge in [-0.05, 0) is 11.5 Å². The summed E-state index contributed by atoms with van der Waals surface area (Å²) in [5, 5.41) is 10.3. The minimum atomic E-state index is -0.488. The van der Waals surface area contributed by atoms with Crippen LogP contribution in [0.4, 0.5) is 4.39 Å². The fourth-order valence-electron chi connectivity index (χ4n) is 1.41. The van der Waals surface area contributed by atoms with E-state index in [1.807, 2.05) is 18.2 Å². The average Bonchev–Trinajstić information content (AvgIpc) is 2.18. The van der Waals surface area contributed by atoms with E-state index >= 15 is 0 Å². The molecule has 2 aromatic rings. The van der Waals surface area contributed by atoms with Crippen molar-refractivity contribution in [2.45, 2.75) is 0 Å². The van der Waals surface area contributed by atoms with E-state index < -0.39 is 5.82 Å². The lowest BCUT2D eigenvalue weighted by Crippen LogP contribution is -1.87. The van der Waals surface area contributed by atoms with Crippen molar-refractivity contribution in [3.63, 3.8) is 0 Å². The SMILES string of the molecule is N#Cc1c(F)cc(Br)c2ccccc12. The summed E-state index contributed by atoms with van der Waals surface area (Å²) >= 11 is 3.26. The maximum Gasteiger partial charge on any atom is 0.142 e. The molecule has 0 saturated heterocycles. The molecular weight excluding hydrogens is 245 g/mol. The van der Waals surface area contributed by atoms with Crippen LogP contribution in [0.2, 0.25) is 0 Å². The second kappa shape index (κ2) is 3.39. The number of fused-ring (bicyclic) bond motifs is 1. The predicted octanol–water partition coefficient (Wildman–Crippen LogP) is 3.61. The van der Waals surface area contributed by atoms with Crippen molar-refractivity contribution < 1.29 is 4.39 Å². The van der Waals surface area contributed by atoms with Crippen LogP contribution < -0.4 is 0 Å². The van der Waals surface area contributed by atoms with Gasteiger partial charge in [-0.1, -0.05) is 40.2 Å². The molecule has 0 fully saturated rings. The molecule has 0 spiro atoms. The van der Waals surface area contributed by atoms with Crippen LogP contribution in [0.25, 0.3) is 10.8 Å². The van der Waals surface area contributed by atoms with Gasteiger partial charge in [0.25, 0.3) is 0 Å². The number of benzene rings is 2. The third-order valence-electron chi connectivity index (χ3n) is 2.06. The summed E-state index contributed by atoms with van der Waals surface area (Å²) < 4.78 is 14.0. The lowest BCUT2D eigenvalue weighted by molar-refractivity contribution is 0.625. The quantitative estimate of drug-likeness (QED) is 0.700. The Morgan fingerprint density at radius 3 is 2.50 bits per heavy atom.